The van der Waals surface area contributed by atoms with Crippen LogP contribution in [0.25, 0.3) is 0 Å². The van der Waals surface area contributed by atoms with E-state index in [0.29, 0.717) is 17.7 Å². The van der Waals surface area contributed by atoms with Crippen molar-refractivity contribution in [2.45, 2.75) is 44.9 Å². The van der Waals surface area contributed by atoms with Crippen LogP contribution < -0.4 is 10.4 Å². The number of rotatable bonds is 3. The Kier molecular flexibility index (Phi) is 4.66. The third kappa shape index (κ3) is 3.30. The van der Waals surface area contributed by atoms with Crippen molar-refractivity contribution < 1.29 is 18.5 Å². The van der Waals surface area contributed by atoms with Crippen molar-refractivity contribution in [3.05, 3.63) is 54.1 Å². The first kappa shape index (κ1) is 19.9. The predicted octanol–water partition coefficient (Wildman–Crippen LogP) is 3.13. The average Bonchev–Trinajstić information content (AvgIpc) is 3.08. The first-order chi connectivity index (χ1) is 13.6. The van der Waals surface area contributed by atoms with E-state index in [2.05, 4.69) is 4.98 Å². The van der Waals surface area contributed by atoms with Crippen molar-refractivity contribution in [2.24, 2.45) is 0 Å². The largest absolute Gasteiger partial charge is 0.497 e. The predicted molar refractivity (Wildman–Crippen MR) is 110 cm³/mol. The number of halogens is 1. The molecule has 2 aliphatic rings. The molecule has 0 aliphatic carbocycles. The second kappa shape index (κ2) is 6.81. The Morgan fingerprint density at radius 3 is 2.31 bits per heavy atom. The summed E-state index contributed by atoms with van der Waals surface area (Å²) in [4.78, 5) is 20.1. The summed E-state index contributed by atoms with van der Waals surface area (Å²) in [6.45, 7) is 8.15. The number of aromatic nitrogens is 1. The number of urea groups is 1. The van der Waals surface area contributed by atoms with Crippen LogP contribution in [0.5, 0.6) is 0 Å². The zero-order chi connectivity index (χ0) is 21.0. The molecule has 4 rings (SSSR count). The molecule has 0 N–H and O–H groups in total. The molecule has 2 saturated heterocycles. The molecule has 6 nitrogen and oxygen atoms in total. The smallest absolute Gasteiger partial charge is 0.399 e. The summed E-state index contributed by atoms with van der Waals surface area (Å²) in [6, 6.07) is 8.25. The molecule has 1 aromatic carbocycles. The lowest BCUT2D eigenvalue weighted by Gasteiger charge is -2.32. The molecule has 3 heterocycles. The van der Waals surface area contributed by atoms with Gasteiger partial charge in [0.05, 0.1) is 23.8 Å². The van der Waals surface area contributed by atoms with Gasteiger partial charge in [-0.25, -0.2) is 9.18 Å². The zero-order valence-corrected chi connectivity index (χ0v) is 17.3. The van der Waals surface area contributed by atoms with Crippen LogP contribution in [0.2, 0.25) is 0 Å². The molecule has 0 saturated carbocycles. The summed E-state index contributed by atoms with van der Waals surface area (Å²) in [5.74, 6) is -0.455. The molecule has 0 bridgehead atoms. The third-order valence-electron chi connectivity index (χ3n) is 6.25. The number of hydrogen-bond donors (Lipinski definition) is 0. The van der Waals surface area contributed by atoms with Crippen molar-refractivity contribution >= 4 is 24.3 Å². The summed E-state index contributed by atoms with van der Waals surface area (Å²) >= 11 is 0. The third-order valence-corrected chi connectivity index (χ3v) is 6.25. The van der Waals surface area contributed by atoms with Gasteiger partial charge in [-0.15, -0.1) is 0 Å². The van der Waals surface area contributed by atoms with Crippen molar-refractivity contribution in [3.8, 4) is 0 Å². The van der Waals surface area contributed by atoms with E-state index in [9.17, 15) is 9.18 Å². The fourth-order valence-corrected chi connectivity index (χ4v) is 3.67. The molecule has 2 aromatic rings. The zero-order valence-electron chi connectivity index (χ0n) is 17.3. The number of hydrogen-bond acceptors (Lipinski definition) is 4. The van der Waals surface area contributed by atoms with Gasteiger partial charge in [0, 0.05) is 30.6 Å². The number of amides is 2. The Morgan fingerprint density at radius 1 is 1.10 bits per heavy atom. The summed E-state index contributed by atoms with van der Waals surface area (Å²) in [6.07, 6.45) is 3.41. The lowest BCUT2D eigenvalue weighted by atomic mass is 9.78. The first-order valence-electron chi connectivity index (χ1n) is 9.70. The summed E-state index contributed by atoms with van der Waals surface area (Å²) in [5.41, 5.74) is 0.740. The van der Waals surface area contributed by atoms with Gasteiger partial charge in [-0.1, -0.05) is 6.07 Å². The van der Waals surface area contributed by atoms with E-state index in [4.69, 9.17) is 9.31 Å². The maximum Gasteiger partial charge on any atom is 0.497 e. The van der Waals surface area contributed by atoms with Gasteiger partial charge in [0.15, 0.2) is 0 Å². The first-order valence-corrected chi connectivity index (χ1v) is 9.70. The van der Waals surface area contributed by atoms with Crippen LogP contribution in [-0.4, -0.2) is 47.8 Å². The quantitative estimate of drug-likeness (QED) is 0.747. The number of carbonyl (C=O) groups is 1. The van der Waals surface area contributed by atoms with Gasteiger partial charge < -0.3 is 14.2 Å². The second-order valence-corrected chi connectivity index (χ2v) is 8.59. The molecule has 8 heteroatoms. The Labute approximate surface area is 170 Å². The molecular weight excluding hydrogens is 372 g/mol. The highest BCUT2D eigenvalue weighted by molar-refractivity contribution is 6.62. The van der Waals surface area contributed by atoms with Gasteiger partial charge in [-0.3, -0.25) is 9.88 Å². The van der Waals surface area contributed by atoms with E-state index < -0.39 is 24.1 Å². The van der Waals surface area contributed by atoms with E-state index >= 15 is 0 Å². The van der Waals surface area contributed by atoms with Crippen molar-refractivity contribution in [1.82, 2.24) is 9.88 Å². The van der Waals surface area contributed by atoms with Gasteiger partial charge in [-0.05, 0) is 57.5 Å². The Bertz CT molecular complexity index is 922. The average molecular weight is 397 g/mol. The molecule has 0 spiro atoms. The van der Waals surface area contributed by atoms with E-state index in [1.165, 1.54) is 6.07 Å². The van der Waals surface area contributed by atoms with E-state index in [1.54, 1.807) is 41.4 Å². The summed E-state index contributed by atoms with van der Waals surface area (Å²) < 4.78 is 26.9. The number of pyridine rings is 1. The molecule has 0 radical (unpaired) electrons. The lowest BCUT2D eigenvalue weighted by Crippen LogP contribution is -2.41. The molecule has 2 fully saturated rings. The van der Waals surface area contributed by atoms with E-state index in [-0.39, 0.29) is 12.1 Å². The summed E-state index contributed by atoms with van der Waals surface area (Å²) in [5, 5.41) is 0. The van der Waals surface area contributed by atoms with Gasteiger partial charge in [0.2, 0.25) is 0 Å². The fourth-order valence-electron chi connectivity index (χ4n) is 3.67. The topological polar surface area (TPSA) is 54.9 Å². The van der Waals surface area contributed by atoms with Gasteiger partial charge in [-0.2, -0.15) is 0 Å². The molecule has 1 aromatic heterocycles. The van der Waals surface area contributed by atoms with Crippen LogP contribution in [-0.2, 0) is 9.31 Å². The molecule has 152 valence electrons. The Morgan fingerprint density at radius 2 is 1.72 bits per heavy atom. The van der Waals surface area contributed by atoms with Crippen molar-refractivity contribution in [2.75, 3.05) is 18.5 Å². The van der Waals surface area contributed by atoms with Gasteiger partial charge in [0.1, 0.15) is 5.82 Å². The molecular formula is C21H25BFN3O3. The monoisotopic (exact) mass is 397 g/mol. The van der Waals surface area contributed by atoms with Crippen LogP contribution in [0.15, 0.2) is 42.7 Å². The van der Waals surface area contributed by atoms with Crippen LogP contribution in [0.3, 0.4) is 0 Å². The minimum absolute atomic E-state index is 0.115. The van der Waals surface area contributed by atoms with Crippen molar-refractivity contribution in [1.29, 1.82) is 0 Å². The van der Waals surface area contributed by atoms with Crippen LogP contribution >= 0.6 is 0 Å². The number of carbonyl (C=O) groups excluding carboxylic acids is 1. The van der Waals surface area contributed by atoms with E-state index in [1.807, 2.05) is 39.8 Å². The molecule has 2 amide bonds. The van der Waals surface area contributed by atoms with Gasteiger partial charge in [0.25, 0.3) is 0 Å². The minimum Gasteiger partial charge on any atom is -0.399 e. The van der Waals surface area contributed by atoms with Crippen LogP contribution in [0.4, 0.5) is 14.9 Å². The highest BCUT2D eigenvalue weighted by Crippen LogP contribution is 2.37. The Hall–Kier alpha value is -2.45. The van der Waals surface area contributed by atoms with E-state index in [0.717, 1.165) is 5.56 Å². The van der Waals surface area contributed by atoms with Crippen molar-refractivity contribution in [3.63, 3.8) is 0 Å². The number of anilines is 1. The number of likely N-dealkylation sites (N-methyl/N-ethyl adjacent to an activating group) is 1. The maximum absolute atomic E-state index is 15.0. The highest BCUT2D eigenvalue weighted by Gasteiger charge is 2.52. The molecule has 1 atom stereocenters. The fraction of sp³-hybridized carbons (Fsp3) is 0.429. The molecule has 29 heavy (non-hydrogen) atoms. The molecule has 2 aliphatic heterocycles. The Balaban J connectivity index is 1.58. The van der Waals surface area contributed by atoms with Crippen LogP contribution in [0, 0.1) is 5.82 Å². The number of benzene rings is 1. The van der Waals surface area contributed by atoms with Crippen LogP contribution in [0.1, 0.15) is 39.3 Å². The lowest BCUT2D eigenvalue weighted by molar-refractivity contribution is 0.00578. The SMILES string of the molecule is CN1C(=O)N(c2ccc(B3OC(C)(C)C(C)(C)O3)c(F)c2)CC1c1ccncc1. The number of nitrogens with zero attached hydrogens (tertiary/aromatic N) is 3. The highest BCUT2D eigenvalue weighted by atomic mass is 19.1. The maximum atomic E-state index is 15.0. The molecule has 1 unspecified atom stereocenters. The van der Waals surface area contributed by atoms with Gasteiger partial charge >= 0.3 is 13.1 Å². The summed E-state index contributed by atoms with van der Waals surface area (Å²) in [7, 11) is 0.971. The second-order valence-electron chi connectivity index (χ2n) is 8.59. The standard InChI is InChI=1S/C21H25BFN3O3/c1-20(2)21(3,4)29-22(28-20)16-7-6-15(12-17(16)23)26-13-18(25(5)19(26)27)14-8-10-24-11-9-14/h6-12,18H,13H2,1-5H3. The minimum atomic E-state index is -0.782. The normalized spacial score (nSPS) is 23.2.